The summed E-state index contributed by atoms with van der Waals surface area (Å²) in [5.74, 6) is -0.107. The largest absolute Gasteiger partial charge is 0.384 e. The second-order valence-corrected chi connectivity index (χ2v) is 5.40. The summed E-state index contributed by atoms with van der Waals surface area (Å²) >= 11 is 0. The Morgan fingerprint density at radius 3 is 2.95 bits per heavy atom. The van der Waals surface area contributed by atoms with Crippen molar-refractivity contribution < 1.29 is 9.59 Å². The molecule has 1 aliphatic heterocycles. The van der Waals surface area contributed by atoms with Crippen LogP contribution < -0.4 is 16.0 Å². The van der Waals surface area contributed by atoms with Gasteiger partial charge in [0.2, 0.25) is 5.91 Å². The quantitative estimate of drug-likeness (QED) is 0.751. The van der Waals surface area contributed by atoms with E-state index in [1.54, 1.807) is 0 Å². The number of hydrogen-bond donors (Lipinski definition) is 3. The second kappa shape index (κ2) is 5.53. The average Bonchev–Trinajstić information content (AvgIpc) is 3.12. The molecule has 0 aromatic heterocycles. The lowest BCUT2D eigenvalue weighted by atomic mass is 10.1. The fourth-order valence-electron chi connectivity index (χ4n) is 2.35. The van der Waals surface area contributed by atoms with E-state index < -0.39 is 0 Å². The molecule has 0 spiro atoms. The van der Waals surface area contributed by atoms with Gasteiger partial charge in [0.25, 0.3) is 5.91 Å². The number of carbonyl (C=O) groups excluding carboxylic acids is 2. The van der Waals surface area contributed by atoms with Gasteiger partial charge in [0.15, 0.2) is 0 Å². The molecule has 1 aliphatic carbocycles. The van der Waals surface area contributed by atoms with Crippen molar-refractivity contribution in [2.75, 3.05) is 18.4 Å². The van der Waals surface area contributed by atoms with Crippen LogP contribution in [0, 0.1) is 0 Å². The van der Waals surface area contributed by atoms with Crippen LogP contribution in [0.5, 0.6) is 0 Å². The molecule has 1 fully saturated rings. The van der Waals surface area contributed by atoms with Crippen molar-refractivity contribution in [2.45, 2.75) is 31.7 Å². The van der Waals surface area contributed by atoms with Crippen molar-refractivity contribution >= 4 is 17.5 Å². The molecule has 5 nitrogen and oxygen atoms in total. The van der Waals surface area contributed by atoms with Crippen LogP contribution in [-0.4, -0.2) is 30.9 Å². The Kier molecular flexibility index (Phi) is 3.58. The van der Waals surface area contributed by atoms with E-state index in [2.05, 4.69) is 16.0 Å². The van der Waals surface area contributed by atoms with Crippen LogP contribution >= 0.6 is 0 Å². The molecule has 0 atom stereocenters. The molecule has 0 saturated heterocycles. The van der Waals surface area contributed by atoms with Crippen LogP contribution in [0.4, 0.5) is 5.69 Å². The number of carbonyl (C=O) groups is 2. The van der Waals surface area contributed by atoms with Crippen molar-refractivity contribution in [1.29, 1.82) is 0 Å². The zero-order valence-corrected chi connectivity index (χ0v) is 11.4. The van der Waals surface area contributed by atoms with Gasteiger partial charge < -0.3 is 16.0 Å². The molecule has 0 bridgehead atoms. The highest BCUT2D eigenvalue weighted by atomic mass is 16.2. The summed E-state index contributed by atoms with van der Waals surface area (Å²) in [4.78, 5) is 23.5. The van der Waals surface area contributed by atoms with Gasteiger partial charge in [-0.3, -0.25) is 9.59 Å². The predicted molar refractivity (Wildman–Crippen MR) is 76.8 cm³/mol. The van der Waals surface area contributed by atoms with E-state index in [1.807, 2.05) is 18.2 Å². The number of anilines is 1. The van der Waals surface area contributed by atoms with Gasteiger partial charge in [-0.05, 0) is 37.0 Å². The van der Waals surface area contributed by atoms with Crippen molar-refractivity contribution in [3.8, 4) is 0 Å². The van der Waals surface area contributed by atoms with Crippen LogP contribution in [0.25, 0.3) is 0 Å². The molecular formula is C15H19N3O2. The minimum absolute atomic E-state index is 0.0171. The fraction of sp³-hybridized carbons (Fsp3) is 0.467. The molecule has 3 rings (SSSR count). The zero-order chi connectivity index (χ0) is 13.9. The van der Waals surface area contributed by atoms with Gasteiger partial charge >= 0.3 is 0 Å². The lowest BCUT2D eigenvalue weighted by Gasteiger charge is -2.07. The lowest BCUT2D eigenvalue weighted by molar-refractivity contribution is -0.121. The Morgan fingerprint density at radius 2 is 2.15 bits per heavy atom. The maximum Gasteiger partial charge on any atom is 0.251 e. The Bertz CT molecular complexity index is 538. The first-order chi connectivity index (χ1) is 9.72. The van der Waals surface area contributed by atoms with Gasteiger partial charge in [-0.1, -0.05) is 6.07 Å². The van der Waals surface area contributed by atoms with Crippen molar-refractivity contribution in [1.82, 2.24) is 10.6 Å². The number of rotatable bonds is 5. The highest BCUT2D eigenvalue weighted by molar-refractivity contribution is 5.95. The molecule has 20 heavy (non-hydrogen) atoms. The van der Waals surface area contributed by atoms with Gasteiger partial charge in [0, 0.05) is 36.8 Å². The number of fused-ring (bicyclic) bond motifs is 1. The van der Waals surface area contributed by atoms with Gasteiger partial charge in [-0.15, -0.1) is 0 Å². The molecule has 1 heterocycles. The summed E-state index contributed by atoms with van der Waals surface area (Å²) < 4.78 is 0. The second-order valence-electron chi connectivity index (χ2n) is 5.40. The van der Waals surface area contributed by atoms with Gasteiger partial charge in [-0.25, -0.2) is 0 Å². The first-order valence-electron chi connectivity index (χ1n) is 7.17. The van der Waals surface area contributed by atoms with Crippen LogP contribution in [-0.2, 0) is 11.2 Å². The maximum absolute atomic E-state index is 12.0. The number of nitrogens with one attached hydrogen (secondary N) is 3. The number of hydrogen-bond acceptors (Lipinski definition) is 3. The molecule has 106 valence electrons. The summed E-state index contributed by atoms with van der Waals surface area (Å²) in [5.41, 5.74) is 2.94. The van der Waals surface area contributed by atoms with Gasteiger partial charge in [0.05, 0.1) is 0 Å². The minimum Gasteiger partial charge on any atom is -0.384 e. The Labute approximate surface area is 118 Å². The fourth-order valence-corrected chi connectivity index (χ4v) is 2.35. The van der Waals surface area contributed by atoms with E-state index in [1.165, 1.54) is 5.56 Å². The molecule has 1 saturated carbocycles. The lowest BCUT2D eigenvalue weighted by Crippen LogP contribution is -2.31. The van der Waals surface area contributed by atoms with E-state index in [4.69, 9.17) is 0 Å². The number of benzene rings is 1. The summed E-state index contributed by atoms with van der Waals surface area (Å²) in [6.07, 6.45) is 3.52. The molecule has 0 unspecified atom stereocenters. The molecule has 3 N–H and O–H groups in total. The van der Waals surface area contributed by atoms with Crippen LogP contribution in [0.15, 0.2) is 18.2 Å². The Morgan fingerprint density at radius 1 is 1.30 bits per heavy atom. The SMILES string of the molecule is O=C(CCNC(=O)c1ccc2c(c1)NCC2)NC1CC1. The summed E-state index contributed by atoms with van der Waals surface area (Å²) in [7, 11) is 0. The molecule has 2 aliphatic rings. The molecule has 0 radical (unpaired) electrons. The normalized spacial score (nSPS) is 16.2. The van der Waals surface area contributed by atoms with Crippen LogP contribution in [0.2, 0.25) is 0 Å². The van der Waals surface area contributed by atoms with E-state index >= 15 is 0 Å². The van der Waals surface area contributed by atoms with Crippen molar-refractivity contribution in [2.24, 2.45) is 0 Å². The topological polar surface area (TPSA) is 70.2 Å². The Hall–Kier alpha value is -2.04. The van der Waals surface area contributed by atoms with Crippen LogP contribution in [0.3, 0.4) is 0 Å². The van der Waals surface area contributed by atoms with E-state index in [-0.39, 0.29) is 11.8 Å². The number of amides is 2. The summed E-state index contributed by atoms with van der Waals surface area (Å²) in [6, 6.07) is 6.08. The maximum atomic E-state index is 12.0. The van der Waals surface area contributed by atoms with E-state index in [9.17, 15) is 9.59 Å². The first-order valence-corrected chi connectivity index (χ1v) is 7.17. The molecule has 5 heteroatoms. The van der Waals surface area contributed by atoms with Crippen LogP contribution in [0.1, 0.15) is 35.2 Å². The highest BCUT2D eigenvalue weighted by Gasteiger charge is 2.22. The minimum atomic E-state index is -0.124. The van der Waals surface area contributed by atoms with Gasteiger partial charge in [-0.2, -0.15) is 0 Å². The Balaban J connectivity index is 1.47. The van der Waals surface area contributed by atoms with Gasteiger partial charge in [0.1, 0.15) is 0 Å². The summed E-state index contributed by atoms with van der Waals surface area (Å²) in [6.45, 7) is 1.31. The van der Waals surface area contributed by atoms with Crippen molar-refractivity contribution in [3.63, 3.8) is 0 Å². The molecule has 2 amide bonds. The third kappa shape index (κ3) is 3.10. The van der Waals surface area contributed by atoms with E-state index in [0.717, 1.165) is 31.5 Å². The van der Waals surface area contributed by atoms with Crippen molar-refractivity contribution in [3.05, 3.63) is 29.3 Å². The third-order valence-electron chi connectivity index (χ3n) is 3.66. The average molecular weight is 273 g/mol. The third-order valence-corrected chi connectivity index (χ3v) is 3.66. The molecule has 1 aromatic rings. The van der Waals surface area contributed by atoms with E-state index in [0.29, 0.717) is 24.6 Å². The molecule has 1 aromatic carbocycles. The first kappa shape index (κ1) is 13.0. The predicted octanol–water partition coefficient (Wildman–Crippen LogP) is 1.05. The zero-order valence-electron chi connectivity index (χ0n) is 11.4. The summed E-state index contributed by atoms with van der Waals surface area (Å²) in [5, 5.41) is 8.94. The standard InChI is InChI=1S/C15H19N3O2/c19-14(18-12-3-4-12)6-8-17-15(20)11-2-1-10-5-7-16-13(10)9-11/h1-2,9,12,16H,3-8H2,(H,17,20)(H,18,19). The monoisotopic (exact) mass is 273 g/mol. The highest BCUT2D eigenvalue weighted by Crippen LogP contribution is 2.23. The molecular weight excluding hydrogens is 254 g/mol. The smallest absolute Gasteiger partial charge is 0.251 e.